The minimum absolute atomic E-state index is 0.235. The molecule has 2 atom stereocenters. The summed E-state index contributed by atoms with van der Waals surface area (Å²) < 4.78 is 5.64. The predicted octanol–water partition coefficient (Wildman–Crippen LogP) is 2.52. The molecule has 0 aliphatic carbocycles. The maximum absolute atomic E-state index is 12.9. The van der Waals surface area contributed by atoms with Crippen molar-refractivity contribution in [1.82, 2.24) is 10.6 Å². The van der Waals surface area contributed by atoms with Crippen LogP contribution in [0.15, 0.2) is 83.5 Å². The van der Waals surface area contributed by atoms with Crippen LogP contribution in [0.4, 0.5) is 4.79 Å². The van der Waals surface area contributed by atoms with Crippen LogP contribution in [0.5, 0.6) is 0 Å². The molecule has 1 aromatic heterocycles. The number of furan rings is 1. The first-order valence-electron chi connectivity index (χ1n) is 9.26. The minimum Gasteiger partial charge on any atom is -0.463 e. The van der Waals surface area contributed by atoms with Gasteiger partial charge in [0, 0.05) is 17.7 Å². The smallest absolute Gasteiger partial charge is 0.321 e. The molecule has 6 heteroatoms. The summed E-state index contributed by atoms with van der Waals surface area (Å²) in [6, 6.07) is 21.6. The van der Waals surface area contributed by atoms with E-state index in [0.717, 1.165) is 16.9 Å². The van der Waals surface area contributed by atoms with Gasteiger partial charge in [0.1, 0.15) is 0 Å². The van der Waals surface area contributed by atoms with Crippen LogP contribution >= 0.6 is 0 Å². The standard InChI is InChI=1S/C22H23N3O3/c1-2-23-22(27)25-21(26)20(17-12-7-4-8-13-17)24-19(18-14-9-15-28-18)16-10-5-3-6-11-16/h3-15,19-20,24H,2H2,1H3,(H2,23,25,26,27)/p+1/t19-,20+/m0/s1. The second-order valence-electron chi connectivity index (χ2n) is 6.33. The van der Waals surface area contributed by atoms with Crippen molar-refractivity contribution in [3.05, 3.63) is 95.9 Å². The second-order valence-corrected chi connectivity index (χ2v) is 6.33. The fourth-order valence-corrected chi connectivity index (χ4v) is 3.10. The van der Waals surface area contributed by atoms with E-state index in [9.17, 15) is 9.59 Å². The Hall–Kier alpha value is -3.38. The van der Waals surface area contributed by atoms with Crippen LogP contribution in [-0.4, -0.2) is 18.5 Å². The Morgan fingerprint density at radius 2 is 1.57 bits per heavy atom. The molecule has 4 N–H and O–H groups in total. The van der Waals surface area contributed by atoms with Crippen LogP contribution in [0.1, 0.15) is 35.9 Å². The molecule has 0 radical (unpaired) electrons. The topological polar surface area (TPSA) is 88.0 Å². The number of benzene rings is 2. The van der Waals surface area contributed by atoms with Gasteiger partial charge in [-0.3, -0.25) is 10.1 Å². The number of nitrogens with one attached hydrogen (secondary N) is 2. The number of carbonyl (C=O) groups excluding carboxylic acids is 2. The lowest BCUT2D eigenvalue weighted by molar-refractivity contribution is -0.715. The molecule has 0 saturated heterocycles. The first-order valence-corrected chi connectivity index (χ1v) is 9.26. The van der Waals surface area contributed by atoms with Gasteiger partial charge in [-0.05, 0) is 19.1 Å². The van der Waals surface area contributed by atoms with E-state index < -0.39 is 12.1 Å². The predicted molar refractivity (Wildman–Crippen MR) is 105 cm³/mol. The average molecular weight is 378 g/mol. The fraction of sp³-hybridized carbons (Fsp3) is 0.182. The molecule has 0 spiro atoms. The molecule has 0 saturated carbocycles. The zero-order chi connectivity index (χ0) is 19.8. The van der Waals surface area contributed by atoms with E-state index in [0.29, 0.717) is 6.54 Å². The van der Waals surface area contributed by atoms with Crippen molar-refractivity contribution < 1.29 is 19.3 Å². The van der Waals surface area contributed by atoms with Crippen molar-refractivity contribution in [1.29, 1.82) is 0 Å². The second kappa shape index (κ2) is 9.53. The van der Waals surface area contributed by atoms with Crippen molar-refractivity contribution >= 4 is 11.9 Å². The van der Waals surface area contributed by atoms with E-state index in [1.54, 1.807) is 13.2 Å². The largest absolute Gasteiger partial charge is 0.463 e. The van der Waals surface area contributed by atoms with Crippen LogP contribution in [0.3, 0.4) is 0 Å². The number of carbonyl (C=O) groups is 2. The third kappa shape index (κ3) is 4.86. The number of hydrogen-bond acceptors (Lipinski definition) is 3. The number of urea groups is 1. The molecule has 0 fully saturated rings. The number of rotatable bonds is 7. The number of amides is 3. The van der Waals surface area contributed by atoms with Crippen LogP contribution in [0, 0.1) is 0 Å². The van der Waals surface area contributed by atoms with Gasteiger partial charge in [0.05, 0.1) is 6.26 Å². The number of nitrogens with two attached hydrogens (primary N) is 1. The van der Waals surface area contributed by atoms with Gasteiger partial charge in [-0.25, -0.2) is 4.79 Å². The lowest BCUT2D eigenvalue weighted by atomic mass is 10.00. The highest BCUT2D eigenvalue weighted by Gasteiger charge is 2.32. The Morgan fingerprint density at radius 1 is 0.929 bits per heavy atom. The molecule has 2 aromatic carbocycles. The Bertz CT molecular complexity index is 880. The summed E-state index contributed by atoms with van der Waals surface area (Å²) in [4.78, 5) is 24.8. The van der Waals surface area contributed by atoms with Gasteiger partial charge in [-0.1, -0.05) is 60.7 Å². The van der Waals surface area contributed by atoms with Gasteiger partial charge in [0.15, 0.2) is 17.8 Å². The monoisotopic (exact) mass is 378 g/mol. The lowest BCUT2D eigenvalue weighted by Gasteiger charge is -2.21. The third-order valence-corrected chi connectivity index (χ3v) is 4.41. The van der Waals surface area contributed by atoms with Crippen LogP contribution in [-0.2, 0) is 4.79 Å². The van der Waals surface area contributed by atoms with Crippen molar-refractivity contribution in [2.75, 3.05) is 6.54 Å². The van der Waals surface area contributed by atoms with E-state index in [1.807, 2.05) is 78.1 Å². The van der Waals surface area contributed by atoms with E-state index in [4.69, 9.17) is 4.42 Å². The SMILES string of the molecule is CCNC(=O)NC(=O)[C@H]([NH2+][C@@H](c1ccccc1)c1ccco1)c1ccccc1. The van der Waals surface area contributed by atoms with Crippen molar-refractivity contribution in [2.45, 2.75) is 19.0 Å². The number of quaternary nitrogens is 1. The summed E-state index contributed by atoms with van der Waals surface area (Å²) in [5.41, 5.74) is 1.81. The van der Waals surface area contributed by atoms with Crippen LogP contribution in [0.2, 0.25) is 0 Å². The van der Waals surface area contributed by atoms with Gasteiger partial charge in [0.2, 0.25) is 0 Å². The molecule has 144 valence electrons. The summed E-state index contributed by atoms with van der Waals surface area (Å²) in [6.07, 6.45) is 1.62. The fourth-order valence-electron chi connectivity index (χ4n) is 3.10. The van der Waals surface area contributed by atoms with E-state index in [2.05, 4.69) is 10.6 Å². The molecule has 0 aliphatic heterocycles. The maximum Gasteiger partial charge on any atom is 0.321 e. The van der Waals surface area contributed by atoms with E-state index in [-0.39, 0.29) is 11.9 Å². The molecule has 0 unspecified atom stereocenters. The molecule has 6 nitrogen and oxygen atoms in total. The van der Waals surface area contributed by atoms with Crippen LogP contribution in [0.25, 0.3) is 0 Å². The first kappa shape index (κ1) is 19.4. The number of hydrogen-bond donors (Lipinski definition) is 3. The Kier molecular flexibility index (Phi) is 6.59. The zero-order valence-corrected chi connectivity index (χ0v) is 15.7. The van der Waals surface area contributed by atoms with Crippen molar-refractivity contribution in [2.24, 2.45) is 0 Å². The van der Waals surface area contributed by atoms with E-state index in [1.165, 1.54) is 0 Å². The Morgan fingerprint density at radius 3 is 2.14 bits per heavy atom. The quantitative estimate of drug-likeness (QED) is 0.590. The van der Waals surface area contributed by atoms with Gasteiger partial charge in [-0.2, -0.15) is 0 Å². The zero-order valence-electron chi connectivity index (χ0n) is 15.7. The Balaban J connectivity index is 1.92. The van der Waals surface area contributed by atoms with E-state index >= 15 is 0 Å². The van der Waals surface area contributed by atoms with Gasteiger partial charge < -0.3 is 15.1 Å². The highest BCUT2D eigenvalue weighted by molar-refractivity contribution is 5.96. The molecule has 3 aromatic rings. The van der Waals surface area contributed by atoms with Crippen molar-refractivity contribution in [3.63, 3.8) is 0 Å². The molecular weight excluding hydrogens is 354 g/mol. The van der Waals surface area contributed by atoms with Crippen LogP contribution < -0.4 is 16.0 Å². The molecule has 3 rings (SSSR count). The Labute approximate surface area is 164 Å². The molecule has 0 bridgehead atoms. The molecule has 0 aliphatic rings. The summed E-state index contributed by atoms with van der Waals surface area (Å²) in [5.74, 6) is 0.350. The molecule has 28 heavy (non-hydrogen) atoms. The summed E-state index contributed by atoms with van der Waals surface area (Å²) in [7, 11) is 0. The molecule has 3 amide bonds. The third-order valence-electron chi connectivity index (χ3n) is 4.41. The number of imide groups is 1. The average Bonchev–Trinajstić information content (AvgIpc) is 3.24. The minimum atomic E-state index is -0.626. The maximum atomic E-state index is 12.9. The lowest BCUT2D eigenvalue weighted by Crippen LogP contribution is -2.88. The molecular formula is C22H24N3O3+. The highest BCUT2D eigenvalue weighted by Crippen LogP contribution is 2.21. The summed E-state index contributed by atoms with van der Waals surface area (Å²) >= 11 is 0. The van der Waals surface area contributed by atoms with Gasteiger partial charge in [-0.15, -0.1) is 0 Å². The van der Waals surface area contributed by atoms with Gasteiger partial charge >= 0.3 is 6.03 Å². The summed E-state index contributed by atoms with van der Waals surface area (Å²) in [5, 5.41) is 6.94. The summed E-state index contributed by atoms with van der Waals surface area (Å²) in [6.45, 7) is 2.24. The van der Waals surface area contributed by atoms with Crippen molar-refractivity contribution in [3.8, 4) is 0 Å². The molecule has 1 heterocycles. The van der Waals surface area contributed by atoms with Gasteiger partial charge in [0.25, 0.3) is 5.91 Å². The normalized spacial score (nSPS) is 12.8. The first-order chi connectivity index (χ1) is 13.7. The highest BCUT2D eigenvalue weighted by atomic mass is 16.3.